The summed E-state index contributed by atoms with van der Waals surface area (Å²) in [5.74, 6) is -0.810. The van der Waals surface area contributed by atoms with Gasteiger partial charge in [0.15, 0.2) is 0 Å². The molecular weight excluding hydrogens is 259 g/mol. The highest BCUT2D eigenvalue weighted by Gasteiger charge is 2.10. The topological polar surface area (TPSA) is 49.4 Å². The number of nitrogens with zero attached hydrogens (tertiary/aromatic N) is 1. The average Bonchev–Trinajstić information content (AvgIpc) is 2.36. The van der Waals surface area contributed by atoms with Gasteiger partial charge in [0.1, 0.15) is 5.82 Å². The highest BCUT2D eigenvalue weighted by Crippen LogP contribution is 2.04. The van der Waals surface area contributed by atoms with Gasteiger partial charge < -0.3 is 10.2 Å². The van der Waals surface area contributed by atoms with Gasteiger partial charge in [-0.3, -0.25) is 9.59 Å². The summed E-state index contributed by atoms with van der Waals surface area (Å²) in [7, 11) is 1.55. The number of rotatable bonds is 5. The molecule has 0 saturated heterocycles. The molecule has 0 aromatic heterocycles. The van der Waals surface area contributed by atoms with Crippen LogP contribution >= 0.6 is 0 Å². The Morgan fingerprint density at radius 2 is 1.90 bits per heavy atom. The first-order chi connectivity index (χ1) is 9.38. The van der Waals surface area contributed by atoms with Gasteiger partial charge in [-0.2, -0.15) is 0 Å². The SMILES string of the molecule is CC(C)NC(=O)CN(C)C(=O)/C=C/c1ccc(F)cc1. The third-order valence-corrected chi connectivity index (χ3v) is 2.50. The average molecular weight is 278 g/mol. The number of amides is 2. The zero-order valence-corrected chi connectivity index (χ0v) is 11.9. The largest absolute Gasteiger partial charge is 0.352 e. The predicted molar refractivity (Wildman–Crippen MR) is 76.3 cm³/mol. The minimum absolute atomic E-state index is 0.00473. The second-order valence-corrected chi connectivity index (χ2v) is 4.80. The molecule has 0 aliphatic carbocycles. The Bertz CT molecular complexity index is 495. The summed E-state index contributed by atoms with van der Waals surface area (Å²) in [6.07, 6.45) is 2.94. The van der Waals surface area contributed by atoms with Crippen LogP contribution in [0.25, 0.3) is 6.08 Å². The Labute approximate surface area is 118 Å². The van der Waals surface area contributed by atoms with Crippen LogP contribution in [-0.2, 0) is 9.59 Å². The molecule has 0 bridgehead atoms. The highest BCUT2D eigenvalue weighted by atomic mass is 19.1. The van der Waals surface area contributed by atoms with E-state index in [1.165, 1.54) is 23.1 Å². The minimum atomic E-state index is -0.323. The highest BCUT2D eigenvalue weighted by molar-refractivity contribution is 5.94. The van der Waals surface area contributed by atoms with E-state index in [4.69, 9.17) is 0 Å². The van der Waals surface area contributed by atoms with Crippen molar-refractivity contribution in [1.82, 2.24) is 10.2 Å². The van der Waals surface area contributed by atoms with Crippen molar-refractivity contribution in [3.8, 4) is 0 Å². The Morgan fingerprint density at radius 1 is 1.30 bits per heavy atom. The maximum atomic E-state index is 12.7. The maximum Gasteiger partial charge on any atom is 0.246 e. The lowest BCUT2D eigenvalue weighted by Gasteiger charge is -2.16. The zero-order chi connectivity index (χ0) is 15.1. The van der Waals surface area contributed by atoms with Crippen LogP contribution < -0.4 is 5.32 Å². The van der Waals surface area contributed by atoms with Crippen LogP contribution in [0.3, 0.4) is 0 Å². The van der Waals surface area contributed by atoms with Gasteiger partial charge >= 0.3 is 0 Å². The molecule has 20 heavy (non-hydrogen) atoms. The number of likely N-dealkylation sites (N-methyl/N-ethyl adjacent to an activating group) is 1. The lowest BCUT2D eigenvalue weighted by molar-refractivity contribution is -0.131. The van der Waals surface area contributed by atoms with Gasteiger partial charge in [-0.05, 0) is 37.6 Å². The van der Waals surface area contributed by atoms with Crippen LogP contribution in [0.15, 0.2) is 30.3 Å². The van der Waals surface area contributed by atoms with Crippen molar-refractivity contribution >= 4 is 17.9 Å². The Morgan fingerprint density at radius 3 is 2.45 bits per heavy atom. The lowest BCUT2D eigenvalue weighted by Crippen LogP contribution is -2.40. The van der Waals surface area contributed by atoms with Crippen LogP contribution in [-0.4, -0.2) is 36.3 Å². The Hall–Kier alpha value is -2.17. The van der Waals surface area contributed by atoms with Gasteiger partial charge in [0.05, 0.1) is 6.54 Å². The fourth-order valence-electron chi connectivity index (χ4n) is 1.53. The van der Waals surface area contributed by atoms with Crippen molar-refractivity contribution in [2.75, 3.05) is 13.6 Å². The molecule has 1 rings (SSSR count). The van der Waals surface area contributed by atoms with Crippen molar-refractivity contribution in [3.63, 3.8) is 0 Å². The zero-order valence-electron chi connectivity index (χ0n) is 11.9. The number of nitrogens with one attached hydrogen (secondary N) is 1. The quantitative estimate of drug-likeness (QED) is 0.835. The van der Waals surface area contributed by atoms with Gasteiger partial charge in [0, 0.05) is 19.2 Å². The molecule has 0 radical (unpaired) electrons. The fraction of sp³-hybridized carbons (Fsp3) is 0.333. The van der Waals surface area contributed by atoms with Crippen LogP contribution in [0.4, 0.5) is 4.39 Å². The smallest absolute Gasteiger partial charge is 0.246 e. The summed E-state index contributed by atoms with van der Waals surface area (Å²) in [6, 6.07) is 5.84. The third-order valence-electron chi connectivity index (χ3n) is 2.50. The second-order valence-electron chi connectivity index (χ2n) is 4.80. The normalized spacial score (nSPS) is 10.8. The van der Waals surface area contributed by atoms with E-state index in [1.807, 2.05) is 13.8 Å². The monoisotopic (exact) mass is 278 g/mol. The molecule has 0 spiro atoms. The first-order valence-corrected chi connectivity index (χ1v) is 6.36. The van der Waals surface area contributed by atoms with Crippen LogP contribution in [0.5, 0.6) is 0 Å². The number of carbonyl (C=O) groups excluding carboxylic acids is 2. The molecule has 2 amide bonds. The molecule has 1 aromatic rings. The van der Waals surface area contributed by atoms with E-state index in [0.717, 1.165) is 5.56 Å². The van der Waals surface area contributed by atoms with Crippen molar-refractivity contribution in [1.29, 1.82) is 0 Å². The fourth-order valence-corrected chi connectivity index (χ4v) is 1.53. The molecular formula is C15H19FN2O2. The van der Waals surface area contributed by atoms with Gasteiger partial charge in [-0.25, -0.2) is 4.39 Å². The summed E-state index contributed by atoms with van der Waals surface area (Å²) < 4.78 is 12.7. The standard InChI is InChI=1S/C15H19FN2O2/c1-11(2)17-14(19)10-18(3)15(20)9-6-12-4-7-13(16)8-5-12/h4-9,11H,10H2,1-3H3,(H,17,19)/b9-6+. The summed E-state index contributed by atoms with van der Waals surface area (Å²) >= 11 is 0. The van der Waals surface area contributed by atoms with E-state index in [1.54, 1.807) is 25.3 Å². The van der Waals surface area contributed by atoms with E-state index in [2.05, 4.69) is 5.32 Å². The molecule has 1 N–H and O–H groups in total. The van der Waals surface area contributed by atoms with Gasteiger partial charge in [-0.1, -0.05) is 12.1 Å². The Kier molecular flexibility index (Phi) is 5.90. The number of carbonyl (C=O) groups is 2. The molecule has 0 saturated carbocycles. The molecule has 0 heterocycles. The number of benzene rings is 1. The molecule has 0 aliphatic rings. The predicted octanol–water partition coefficient (Wildman–Crippen LogP) is 1.82. The molecule has 1 aromatic carbocycles. The summed E-state index contributed by atoms with van der Waals surface area (Å²) in [4.78, 5) is 24.6. The number of halogens is 1. The molecule has 108 valence electrons. The van der Waals surface area contributed by atoms with Crippen molar-refractivity contribution in [2.24, 2.45) is 0 Å². The van der Waals surface area contributed by atoms with Gasteiger partial charge in [-0.15, -0.1) is 0 Å². The number of hydrogen-bond donors (Lipinski definition) is 1. The van der Waals surface area contributed by atoms with Crippen LogP contribution in [0.1, 0.15) is 19.4 Å². The summed E-state index contributed by atoms with van der Waals surface area (Å²) in [5, 5.41) is 2.71. The van der Waals surface area contributed by atoms with E-state index in [0.29, 0.717) is 0 Å². The van der Waals surface area contributed by atoms with E-state index in [9.17, 15) is 14.0 Å². The minimum Gasteiger partial charge on any atom is -0.352 e. The van der Waals surface area contributed by atoms with Crippen molar-refractivity contribution in [3.05, 3.63) is 41.7 Å². The second kappa shape index (κ2) is 7.43. The molecule has 0 fully saturated rings. The van der Waals surface area contributed by atoms with E-state index < -0.39 is 0 Å². The first-order valence-electron chi connectivity index (χ1n) is 6.36. The third kappa shape index (κ3) is 5.65. The summed E-state index contributed by atoms with van der Waals surface area (Å²) in [5.41, 5.74) is 0.722. The maximum absolute atomic E-state index is 12.7. The van der Waals surface area contributed by atoms with Gasteiger partial charge in [0.25, 0.3) is 0 Å². The van der Waals surface area contributed by atoms with Gasteiger partial charge in [0.2, 0.25) is 11.8 Å². The first kappa shape index (κ1) is 15.9. The number of hydrogen-bond acceptors (Lipinski definition) is 2. The molecule has 0 unspecified atom stereocenters. The molecule has 4 nitrogen and oxygen atoms in total. The molecule has 0 atom stereocenters. The van der Waals surface area contributed by atoms with Crippen molar-refractivity contribution in [2.45, 2.75) is 19.9 Å². The summed E-state index contributed by atoms with van der Waals surface area (Å²) in [6.45, 7) is 3.72. The molecule has 0 aliphatic heterocycles. The van der Waals surface area contributed by atoms with Crippen molar-refractivity contribution < 1.29 is 14.0 Å². The van der Waals surface area contributed by atoms with E-state index in [-0.39, 0.29) is 30.2 Å². The van der Waals surface area contributed by atoms with E-state index >= 15 is 0 Å². The molecule has 5 heteroatoms. The Balaban J connectivity index is 2.53. The van der Waals surface area contributed by atoms with Crippen LogP contribution in [0.2, 0.25) is 0 Å². The van der Waals surface area contributed by atoms with Crippen LogP contribution in [0, 0.1) is 5.82 Å². The lowest BCUT2D eigenvalue weighted by atomic mass is 10.2.